The third-order valence-electron chi connectivity index (χ3n) is 1.56. The lowest BCUT2D eigenvalue weighted by atomic mass is 10.2. The maximum atomic E-state index is 10.9. The highest BCUT2D eigenvalue weighted by Gasteiger charge is 2.46. The lowest BCUT2D eigenvalue weighted by Gasteiger charge is -2.22. The molecule has 0 radical (unpaired) electrons. The number of aliphatic hydroxyl groups is 3. The van der Waals surface area contributed by atoms with Crippen LogP contribution in [0.1, 0.15) is 0 Å². The summed E-state index contributed by atoms with van der Waals surface area (Å²) in [6.45, 7) is -0.704. The van der Waals surface area contributed by atoms with Crippen LogP contribution in [0.3, 0.4) is 0 Å². The Morgan fingerprint density at radius 1 is 1.21 bits per heavy atom. The van der Waals surface area contributed by atoms with Crippen molar-refractivity contribution in [1.29, 1.82) is 0 Å². The van der Waals surface area contributed by atoms with Gasteiger partial charge in [-0.1, -0.05) is 0 Å². The number of rotatable bonds is 1. The summed E-state index contributed by atoms with van der Waals surface area (Å²) in [4.78, 5) is 21.7. The number of cyclic esters (lactones) is 2. The molecule has 0 amide bonds. The van der Waals surface area contributed by atoms with Gasteiger partial charge in [0.15, 0.2) is 12.2 Å². The maximum Gasteiger partial charge on any atom is 0.386 e. The number of ether oxygens (including phenoxy) is 2. The summed E-state index contributed by atoms with van der Waals surface area (Å²) in [6.07, 6.45) is -4.19. The first kappa shape index (κ1) is 10.9. The van der Waals surface area contributed by atoms with Crippen LogP contribution in [0.15, 0.2) is 0 Å². The molecule has 1 aliphatic heterocycles. The second-order valence-corrected chi connectivity index (χ2v) is 2.65. The van der Waals surface area contributed by atoms with Crippen molar-refractivity contribution < 1.29 is 34.4 Å². The van der Waals surface area contributed by atoms with Crippen LogP contribution in [0, 0.1) is 0 Å². The van der Waals surface area contributed by atoms with E-state index in [0.717, 1.165) is 0 Å². The van der Waals surface area contributed by atoms with Crippen molar-refractivity contribution in [3.63, 3.8) is 0 Å². The lowest BCUT2D eigenvalue weighted by molar-refractivity contribution is -0.315. The van der Waals surface area contributed by atoms with E-state index in [4.69, 9.17) is 15.9 Å². The first-order chi connectivity index (χ1) is 6.39. The molecule has 1 saturated heterocycles. The van der Waals surface area contributed by atoms with Crippen molar-refractivity contribution in [2.75, 3.05) is 6.54 Å². The third kappa shape index (κ3) is 1.82. The normalized spacial score (nSPS) is 38.6. The van der Waals surface area contributed by atoms with E-state index in [-0.39, 0.29) is 0 Å². The molecule has 0 aromatic heterocycles. The second kappa shape index (κ2) is 3.50. The van der Waals surface area contributed by atoms with Gasteiger partial charge in [-0.2, -0.15) is 0 Å². The van der Waals surface area contributed by atoms with Gasteiger partial charge in [-0.25, -0.2) is 9.59 Å². The fourth-order valence-corrected chi connectivity index (χ4v) is 0.797. The number of hydrogen-bond acceptors (Lipinski definition) is 8. The average Bonchev–Trinajstić information content (AvgIpc) is 2.20. The molecule has 1 heterocycles. The van der Waals surface area contributed by atoms with Crippen LogP contribution in [0.2, 0.25) is 0 Å². The molecule has 0 aromatic rings. The molecule has 2 unspecified atom stereocenters. The van der Waals surface area contributed by atoms with Crippen molar-refractivity contribution in [1.82, 2.24) is 0 Å². The Bertz CT molecular complexity index is 243. The molecule has 1 aliphatic rings. The Labute approximate surface area is 77.8 Å². The highest BCUT2D eigenvalue weighted by Crippen LogP contribution is 2.16. The topological polar surface area (TPSA) is 139 Å². The standard InChI is InChI=1S/C6H9NO7/c7-1-6(12)13-4(10)2(8)3(9)5(11)14-6/h2-3,8-9,12H,1,7H2. The molecule has 0 spiro atoms. The van der Waals surface area contributed by atoms with Gasteiger partial charge in [0.25, 0.3) is 0 Å². The molecule has 1 fully saturated rings. The lowest BCUT2D eigenvalue weighted by Crippen LogP contribution is -2.45. The molecule has 0 aromatic carbocycles. The second-order valence-electron chi connectivity index (χ2n) is 2.65. The number of esters is 2. The van der Waals surface area contributed by atoms with Gasteiger partial charge in [0.05, 0.1) is 0 Å². The molecule has 1 rings (SSSR count). The number of carbonyl (C=O) groups is 2. The van der Waals surface area contributed by atoms with E-state index in [1.165, 1.54) is 0 Å². The molecule has 2 atom stereocenters. The third-order valence-corrected chi connectivity index (χ3v) is 1.56. The zero-order valence-electron chi connectivity index (χ0n) is 6.91. The fourth-order valence-electron chi connectivity index (χ4n) is 0.797. The molecule has 0 bridgehead atoms. The Morgan fingerprint density at radius 2 is 1.57 bits per heavy atom. The predicted molar refractivity (Wildman–Crippen MR) is 38.2 cm³/mol. The summed E-state index contributed by atoms with van der Waals surface area (Å²) in [5.74, 6) is -5.42. The molecule has 0 aliphatic carbocycles. The summed E-state index contributed by atoms with van der Waals surface area (Å²) < 4.78 is 8.28. The summed E-state index contributed by atoms with van der Waals surface area (Å²) in [5, 5.41) is 27.1. The molecule has 80 valence electrons. The van der Waals surface area contributed by atoms with Gasteiger partial charge in [0.1, 0.15) is 6.54 Å². The van der Waals surface area contributed by atoms with Crippen molar-refractivity contribution in [2.45, 2.75) is 18.2 Å². The van der Waals surface area contributed by atoms with Crippen LogP contribution in [-0.2, 0) is 19.1 Å². The molecule has 0 saturated carbocycles. The van der Waals surface area contributed by atoms with Crippen LogP contribution >= 0.6 is 0 Å². The van der Waals surface area contributed by atoms with Crippen molar-refractivity contribution in [3.05, 3.63) is 0 Å². The minimum absolute atomic E-state index is 0.704. The maximum absolute atomic E-state index is 10.9. The first-order valence-electron chi connectivity index (χ1n) is 3.64. The largest absolute Gasteiger partial charge is 0.395 e. The summed E-state index contributed by atoms with van der Waals surface area (Å²) in [5.41, 5.74) is 4.95. The van der Waals surface area contributed by atoms with Crippen LogP contribution in [-0.4, -0.2) is 52.0 Å². The van der Waals surface area contributed by atoms with Crippen molar-refractivity contribution in [2.24, 2.45) is 5.73 Å². The Balaban J connectivity index is 2.94. The van der Waals surface area contributed by atoms with E-state index in [0.29, 0.717) is 0 Å². The SMILES string of the molecule is NCC1(O)OC(=O)C(O)C(O)C(=O)O1. The molecule has 8 nitrogen and oxygen atoms in total. The zero-order chi connectivity index (χ0) is 10.9. The molecule has 8 heteroatoms. The zero-order valence-corrected chi connectivity index (χ0v) is 6.91. The van der Waals surface area contributed by atoms with Crippen LogP contribution in [0.5, 0.6) is 0 Å². The van der Waals surface area contributed by atoms with Gasteiger partial charge in [-0.05, 0) is 0 Å². The molecule has 5 N–H and O–H groups in total. The first-order valence-corrected chi connectivity index (χ1v) is 3.64. The monoisotopic (exact) mass is 207 g/mol. The minimum Gasteiger partial charge on any atom is -0.395 e. The van der Waals surface area contributed by atoms with E-state index in [1.54, 1.807) is 0 Å². The fraction of sp³-hybridized carbons (Fsp3) is 0.667. The molecular formula is C6H9NO7. The summed E-state index contributed by atoms with van der Waals surface area (Å²) in [7, 11) is 0. The minimum atomic E-state index is -2.63. The van der Waals surface area contributed by atoms with Gasteiger partial charge in [-0.15, -0.1) is 0 Å². The number of hydrogen-bond donors (Lipinski definition) is 4. The van der Waals surface area contributed by atoms with Gasteiger partial charge < -0.3 is 30.5 Å². The average molecular weight is 207 g/mol. The van der Waals surface area contributed by atoms with E-state index >= 15 is 0 Å². The number of aliphatic hydroxyl groups excluding tert-OH is 2. The highest BCUT2D eigenvalue weighted by atomic mass is 16.8. The van der Waals surface area contributed by atoms with E-state index < -0.39 is 36.7 Å². The van der Waals surface area contributed by atoms with Crippen LogP contribution in [0.4, 0.5) is 0 Å². The van der Waals surface area contributed by atoms with Gasteiger partial charge >= 0.3 is 17.9 Å². The Morgan fingerprint density at radius 3 is 1.86 bits per heavy atom. The van der Waals surface area contributed by atoms with Gasteiger partial charge in [-0.3, -0.25) is 0 Å². The summed E-state index contributed by atoms with van der Waals surface area (Å²) in [6, 6.07) is 0. The van der Waals surface area contributed by atoms with E-state index in [2.05, 4.69) is 9.47 Å². The number of carbonyl (C=O) groups excluding carboxylic acids is 2. The highest BCUT2D eigenvalue weighted by molar-refractivity contribution is 5.86. The Hall–Kier alpha value is -1.22. The smallest absolute Gasteiger partial charge is 0.386 e. The number of nitrogens with two attached hydrogens (primary N) is 1. The van der Waals surface area contributed by atoms with E-state index in [9.17, 15) is 14.7 Å². The van der Waals surface area contributed by atoms with Crippen molar-refractivity contribution >= 4 is 11.9 Å². The quantitative estimate of drug-likeness (QED) is 0.323. The summed E-state index contributed by atoms with van der Waals surface area (Å²) >= 11 is 0. The molecular weight excluding hydrogens is 198 g/mol. The van der Waals surface area contributed by atoms with Crippen molar-refractivity contribution in [3.8, 4) is 0 Å². The van der Waals surface area contributed by atoms with Crippen LogP contribution < -0.4 is 5.73 Å². The molecule has 14 heavy (non-hydrogen) atoms. The van der Waals surface area contributed by atoms with Gasteiger partial charge in [0, 0.05) is 0 Å². The van der Waals surface area contributed by atoms with Gasteiger partial charge in [0.2, 0.25) is 0 Å². The Kier molecular flexibility index (Phi) is 2.71. The van der Waals surface area contributed by atoms with Crippen LogP contribution in [0.25, 0.3) is 0 Å². The van der Waals surface area contributed by atoms with E-state index in [1.807, 2.05) is 0 Å². The predicted octanol–water partition coefficient (Wildman–Crippen LogP) is -3.59.